The fourth-order valence-corrected chi connectivity index (χ4v) is 3.41. The second-order valence-electron chi connectivity index (χ2n) is 6.11. The summed E-state index contributed by atoms with van der Waals surface area (Å²) in [6.45, 7) is 0.271. The first-order valence-electron chi connectivity index (χ1n) is 7.75. The van der Waals surface area contributed by atoms with Gasteiger partial charge in [0.2, 0.25) is 0 Å². The highest BCUT2D eigenvalue weighted by atomic mass is 16.3. The van der Waals surface area contributed by atoms with Gasteiger partial charge < -0.3 is 10.4 Å². The van der Waals surface area contributed by atoms with Crippen LogP contribution in [0, 0.1) is 5.92 Å². The van der Waals surface area contributed by atoms with Crippen LogP contribution in [0.1, 0.15) is 60.3 Å². The minimum absolute atomic E-state index is 0.0307. The average molecular weight is 277 g/mol. The van der Waals surface area contributed by atoms with Crippen molar-refractivity contribution in [3.63, 3.8) is 0 Å². The van der Waals surface area contributed by atoms with Crippen molar-refractivity contribution in [3.05, 3.63) is 17.0 Å². The van der Waals surface area contributed by atoms with Gasteiger partial charge in [0.25, 0.3) is 5.91 Å². The van der Waals surface area contributed by atoms with Crippen LogP contribution >= 0.6 is 0 Å². The second-order valence-corrected chi connectivity index (χ2v) is 6.11. The van der Waals surface area contributed by atoms with Crippen LogP contribution in [-0.4, -0.2) is 33.9 Å². The van der Waals surface area contributed by atoms with Crippen molar-refractivity contribution >= 4 is 5.91 Å². The van der Waals surface area contributed by atoms with Crippen LogP contribution in [0.15, 0.2) is 0 Å². The monoisotopic (exact) mass is 277 g/mol. The van der Waals surface area contributed by atoms with Gasteiger partial charge in [-0.15, -0.1) is 0 Å². The molecular weight excluding hydrogens is 254 g/mol. The van der Waals surface area contributed by atoms with Crippen molar-refractivity contribution < 1.29 is 9.90 Å². The Labute approximate surface area is 119 Å². The maximum Gasteiger partial charge on any atom is 0.272 e. The Kier molecular flexibility index (Phi) is 4.05. The number of H-pyrrole nitrogens is 1. The molecule has 0 aliphatic heterocycles. The molecular formula is C15H23N3O2. The highest BCUT2D eigenvalue weighted by Crippen LogP contribution is 2.25. The van der Waals surface area contributed by atoms with Crippen LogP contribution in [0.4, 0.5) is 0 Å². The van der Waals surface area contributed by atoms with E-state index in [4.69, 9.17) is 5.11 Å². The zero-order valence-corrected chi connectivity index (χ0v) is 11.8. The number of aromatic amines is 1. The lowest BCUT2D eigenvalue weighted by Gasteiger charge is -2.27. The molecule has 2 aliphatic carbocycles. The molecule has 3 N–H and O–H groups in total. The molecule has 5 heteroatoms. The minimum Gasteiger partial charge on any atom is -0.396 e. The molecule has 1 heterocycles. The van der Waals surface area contributed by atoms with E-state index < -0.39 is 0 Å². The number of hydrogen-bond acceptors (Lipinski definition) is 3. The fraction of sp³-hybridized carbons (Fsp3) is 0.733. The van der Waals surface area contributed by atoms with Gasteiger partial charge in [0, 0.05) is 23.9 Å². The van der Waals surface area contributed by atoms with Crippen molar-refractivity contribution in [2.45, 2.75) is 57.4 Å². The maximum atomic E-state index is 12.4. The molecule has 0 radical (unpaired) electrons. The lowest BCUT2D eigenvalue weighted by Crippen LogP contribution is -2.38. The summed E-state index contributed by atoms with van der Waals surface area (Å²) in [6.07, 6.45) is 8.23. The van der Waals surface area contributed by atoms with Gasteiger partial charge in [-0.1, -0.05) is 0 Å². The van der Waals surface area contributed by atoms with E-state index in [1.54, 1.807) is 0 Å². The Bertz CT molecular complexity index is 475. The molecule has 2 aliphatic rings. The predicted molar refractivity (Wildman–Crippen MR) is 75.5 cm³/mol. The molecule has 3 rings (SSSR count). The van der Waals surface area contributed by atoms with Crippen molar-refractivity contribution in [2.75, 3.05) is 6.61 Å². The lowest BCUT2D eigenvalue weighted by molar-refractivity contribution is 0.0908. The first-order chi connectivity index (χ1) is 9.78. The second kappa shape index (κ2) is 5.95. The highest BCUT2D eigenvalue weighted by molar-refractivity contribution is 5.94. The molecule has 1 fully saturated rings. The molecule has 0 bridgehead atoms. The van der Waals surface area contributed by atoms with Crippen LogP contribution in [0.3, 0.4) is 0 Å². The van der Waals surface area contributed by atoms with Gasteiger partial charge in [-0.2, -0.15) is 5.10 Å². The van der Waals surface area contributed by atoms with Crippen molar-refractivity contribution in [1.29, 1.82) is 0 Å². The van der Waals surface area contributed by atoms with E-state index in [0.29, 0.717) is 11.6 Å². The van der Waals surface area contributed by atoms with Gasteiger partial charge in [0.1, 0.15) is 0 Å². The maximum absolute atomic E-state index is 12.4. The van der Waals surface area contributed by atoms with Crippen LogP contribution in [0.25, 0.3) is 0 Å². The summed E-state index contributed by atoms with van der Waals surface area (Å²) in [7, 11) is 0. The summed E-state index contributed by atoms with van der Waals surface area (Å²) in [5.74, 6) is 0.387. The molecule has 0 unspecified atom stereocenters. The minimum atomic E-state index is -0.0307. The van der Waals surface area contributed by atoms with Crippen LogP contribution in [0.5, 0.6) is 0 Å². The van der Waals surface area contributed by atoms with E-state index >= 15 is 0 Å². The molecule has 0 saturated heterocycles. The third kappa shape index (κ3) is 2.73. The number of aromatic nitrogens is 2. The number of nitrogens with zero attached hydrogens (tertiary/aromatic N) is 1. The quantitative estimate of drug-likeness (QED) is 0.784. The Balaban J connectivity index is 1.61. The predicted octanol–water partition coefficient (Wildman–Crippen LogP) is 1.57. The molecule has 1 aromatic rings. The molecule has 20 heavy (non-hydrogen) atoms. The van der Waals surface area contributed by atoms with Gasteiger partial charge in [-0.25, -0.2) is 0 Å². The van der Waals surface area contributed by atoms with Gasteiger partial charge in [-0.3, -0.25) is 9.89 Å². The first kappa shape index (κ1) is 13.6. The van der Waals surface area contributed by atoms with Gasteiger partial charge in [0.15, 0.2) is 5.69 Å². The summed E-state index contributed by atoms with van der Waals surface area (Å²) >= 11 is 0. The number of rotatable bonds is 3. The largest absolute Gasteiger partial charge is 0.396 e. The Morgan fingerprint density at radius 3 is 2.75 bits per heavy atom. The van der Waals surface area contributed by atoms with Crippen LogP contribution < -0.4 is 5.32 Å². The molecule has 0 atom stereocenters. The van der Waals surface area contributed by atoms with E-state index in [1.807, 2.05) is 0 Å². The fourth-order valence-electron chi connectivity index (χ4n) is 3.41. The van der Waals surface area contributed by atoms with Gasteiger partial charge in [0.05, 0.1) is 0 Å². The summed E-state index contributed by atoms with van der Waals surface area (Å²) in [5.41, 5.74) is 2.87. The number of carbonyl (C=O) groups excluding carboxylic acids is 1. The van der Waals surface area contributed by atoms with Crippen molar-refractivity contribution in [3.8, 4) is 0 Å². The summed E-state index contributed by atoms with van der Waals surface area (Å²) in [6, 6.07) is 0.237. The normalized spacial score (nSPS) is 26.1. The third-order valence-corrected chi connectivity index (χ3v) is 4.71. The molecule has 0 aromatic carbocycles. The Hall–Kier alpha value is -1.36. The topological polar surface area (TPSA) is 78.0 Å². The standard InChI is InChI=1S/C15H23N3O2/c19-9-10-5-7-11(8-6-10)16-15(20)14-12-3-1-2-4-13(12)17-18-14/h10-11,19H,1-9H2,(H,16,20)(H,17,18). The molecule has 0 spiro atoms. The van der Waals surface area contributed by atoms with E-state index in [2.05, 4.69) is 15.5 Å². The number of fused-ring (bicyclic) bond motifs is 1. The molecule has 5 nitrogen and oxygen atoms in total. The summed E-state index contributed by atoms with van der Waals surface area (Å²) in [4.78, 5) is 12.4. The van der Waals surface area contributed by atoms with E-state index in [9.17, 15) is 4.79 Å². The number of aliphatic hydroxyl groups excluding tert-OH is 1. The smallest absolute Gasteiger partial charge is 0.272 e. The number of aliphatic hydroxyl groups is 1. The number of hydrogen-bond donors (Lipinski definition) is 3. The SMILES string of the molecule is O=C(NC1CCC(CO)CC1)c1n[nH]c2c1CCCC2. The zero-order chi connectivity index (χ0) is 13.9. The number of nitrogens with one attached hydrogen (secondary N) is 2. The van der Waals surface area contributed by atoms with Gasteiger partial charge in [-0.05, 0) is 57.3 Å². The van der Waals surface area contributed by atoms with Crippen LogP contribution in [-0.2, 0) is 12.8 Å². The van der Waals surface area contributed by atoms with Crippen LogP contribution in [0.2, 0.25) is 0 Å². The van der Waals surface area contributed by atoms with E-state index in [1.165, 1.54) is 6.42 Å². The van der Waals surface area contributed by atoms with Crippen molar-refractivity contribution in [1.82, 2.24) is 15.5 Å². The van der Waals surface area contributed by atoms with Gasteiger partial charge >= 0.3 is 0 Å². The number of amides is 1. The molecule has 1 saturated carbocycles. The van der Waals surface area contributed by atoms with Crippen molar-refractivity contribution in [2.24, 2.45) is 5.92 Å². The summed E-state index contributed by atoms with van der Waals surface area (Å²) in [5, 5.41) is 19.5. The summed E-state index contributed by atoms with van der Waals surface area (Å²) < 4.78 is 0. The van der Waals surface area contributed by atoms with E-state index in [-0.39, 0.29) is 18.6 Å². The Morgan fingerprint density at radius 1 is 1.25 bits per heavy atom. The lowest BCUT2D eigenvalue weighted by atomic mass is 9.86. The molecule has 1 amide bonds. The third-order valence-electron chi connectivity index (χ3n) is 4.71. The zero-order valence-electron chi connectivity index (χ0n) is 11.8. The highest BCUT2D eigenvalue weighted by Gasteiger charge is 2.26. The Morgan fingerprint density at radius 2 is 2.00 bits per heavy atom. The average Bonchev–Trinajstić information content (AvgIpc) is 2.92. The first-order valence-corrected chi connectivity index (χ1v) is 7.75. The number of aryl methyl sites for hydroxylation is 1. The van der Waals surface area contributed by atoms with E-state index in [0.717, 1.165) is 56.2 Å². The number of carbonyl (C=O) groups is 1. The molecule has 110 valence electrons. The molecule has 1 aromatic heterocycles.